The molecular formula is C21H23N3O5. The molecule has 2 aromatic rings. The molecule has 0 bridgehead atoms. The molecule has 29 heavy (non-hydrogen) atoms. The first-order chi connectivity index (χ1) is 14.1. The number of anilines is 1. The van der Waals surface area contributed by atoms with Crippen LogP contribution in [0.25, 0.3) is 0 Å². The summed E-state index contributed by atoms with van der Waals surface area (Å²) in [5.41, 5.74) is 1.29. The maximum Gasteiger partial charge on any atom is 0.268 e. The number of carbonyl (C=O) groups excluding carboxylic acids is 2. The summed E-state index contributed by atoms with van der Waals surface area (Å²) in [5.74, 6) is -0.537. The summed E-state index contributed by atoms with van der Waals surface area (Å²) in [6.07, 6.45) is 0.429. The lowest BCUT2D eigenvalue weighted by Crippen LogP contribution is -2.41. The minimum atomic E-state index is -0.899. The van der Waals surface area contributed by atoms with Crippen molar-refractivity contribution in [3.05, 3.63) is 59.7 Å². The van der Waals surface area contributed by atoms with E-state index >= 15 is 0 Å². The Bertz CT molecular complexity index is 893. The molecule has 2 aromatic carbocycles. The molecule has 0 aliphatic carbocycles. The first-order valence-corrected chi connectivity index (χ1v) is 9.30. The number of oxime groups is 1. The van der Waals surface area contributed by atoms with Gasteiger partial charge in [-0.25, -0.2) is 0 Å². The van der Waals surface area contributed by atoms with Crippen molar-refractivity contribution in [3.63, 3.8) is 0 Å². The van der Waals surface area contributed by atoms with E-state index in [1.165, 1.54) is 12.3 Å². The second-order valence-electron chi connectivity index (χ2n) is 6.48. The van der Waals surface area contributed by atoms with Gasteiger partial charge in [-0.2, -0.15) is 0 Å². The largest absolute Gasteiger partial charge is 0.507 e. The van der Waals surface area contributed by atoms with Gasteiger partial charge in [0.2, 0.25) is 6.10 Å². The van der Waals surface area contributed by atoms with Crippen molar-refractivity contribution in [3.8, 4) is 5.75 Å². The fourth-order valence-corrected chi connectivity index (χ4v) is 2.77. The van der Waals surface area contributed by atoms with Gasteiger partial charge in [0.1, 0.15) is 5.75 Å². The van der Waals surface area contributed by atoms with Crippen molar-refractivity contribution in [1.29, 1.82) is 0 Å². The first kappa shape index (κ1) is 20.3. The molecule has 0 saturated carbocycles. The Morgan fingerprint density at radius 3 is 2.62 bits per heavy atom. The van der Waals surface area contributed by atoms with E-state index in [2.05, 4.69) is 10.5 Å². The smallest absolute Gasteiger partial charge is 0.268 e. The van der Waals surface area contributed by atoms with Gasteiger partial charge in [0.25, 0.3) is 11.8 Å². The van der Waals surface area contributed by atoms with Gasteiger partial charge in [-0.3, -0.25) is 9.59 Å². The van der Waals surface area contributed by atoms with Crippen LogP contribution in [0, 0.1) is 0 Å². The Morgan fingerprint density at radius 2 is 1.86 bits per heavy atom. The lowest BCUT2D eigenvalue weighted by atomic mass is 10.1. The summed E-state index contributed by atoms with van der Waals surface area (Å²) in [5, 5.41) is 16.2. The van der Waals surface area contributed by atoms with Crippen LogP contribution in [0.1, 0.15) is 22.8 Å². The Hall–Kier alpha value is -3.39. The van der Waals surface area contributed by atoms with Gasteiger partial charge >= 0.3 is 0 Å². The molecule has 0 unspecified atom stereocenters. The first-order valence-electron chi connectivity index (χ1n) is 9.30. The van der Waals surface area contributed by atoms with E-state index in [0.29, 0.717) is 43.1 Å². The number of hydrogen-bond acceptors (Lipinski definition) is 6. The van der Waals surface area contributed by atoms with Crippen molar-refractivity contribution < 1.29 is 24.3 Å². The molecule has 1 aliphatic heterocycles. The van der Waals surface area contributed by atoms with Crippen molar-refractivity contribution >= 4 is 23.7 Å². The van der Waals surface area contributed by atoms with Gasteiger partial charge in [-0.1, -0.05) is 29.4 Å². The van der Waals surface area contributed by atoms with Crippen LogP contribution in [0.5, 0.6) is 5.75 Å². The Balaban J connectivity index is 1.62. The predicted octanol–water partition coefficient (Wildman–Crippen LogP) is 2.24. The molecule has 0 spiro atoms. The van der Waals surface area contributed by atoms with E-state index in [0.717, 1.165) is 0 Å². The van der Waals surface area contributed by atoms with E-state index in [9.17, 15) is 14.7 Å². The number of amides is 2. The number of para-hydroxylation sites is 2. The van der Waals surface area contributed by atoms with Crippen LogP contribution in [0.4, 0.5) is 5.69 Å². The highest BCUT2D eigenvalue weighted by Gasteiger charge is 2.23. The number of nitrogens with one attached hydrogen (secondary N) is 1. The van der Waals surface area contributed by atoms with Gasteiger partial charge in [-0.15, -0.1) is 0 Å². The third-order valence-corrected chi connectivity index (χ3v) is 4.43. The number of aromatic hydroxyl groups is 1. The van der Waals surface area contributed by atoms with Crippen LogP contribution in [-0.2, 0) is 14.4 Å². The quantitative estimate of drug-likeness (QED) is 0.575. The van der Waals surface area contributed by atoms with Crippen LogP contribution in [-0.4, -0.2) is 60.4 Å². The minimum absolute atomic E-state index is 0.0625. The molecule has 8 heteroatoms. The van der Waals surface area contributed by atoms with Crippen molar-refractivity contribution in [2.45, 2.75) is 13.0 Å². The average molecular weight is 397 g/mol. The monoisotopic (exact) mass is 397 g/mol. The van der Waals surface area contributed by atoms with Crippen LogP contribution in [0.15, 0.2) is 53.7 Å². The molecule has 1 aliphatic rings. The molecule has 1 saturated heterocycles. The van der Waals surface area contributed by atoms with Crippen molar-refractivity contribution in [2.75, 3.05) is 31.6 Å². The van der Waals surface area contributed by atoms with Crippen LogP contribution < -0.4 is 5.32 Å². The number of ether oxygens (including phenoxy) is 1. The maximum atomic E-state index is 12.8. The van der Waals surface area contributed by atoms with Gasteiger partial charge in [-0.05, 0) is 31.2 Å². The molecule has 8 nitrogen and oxygen atoms in total. The number of hydrogen-bond donors (Lipinski definition) is 2. The zero-order valence-corrected chi connectivity index (χ0v) is 16.1. The average Bonchev–Trinajstić information content (AvgIpc) is 2.75. The number of rotatable bonds is 6. The zero-order valence-electron chi connectivity index (χ0n) is 16.1. The standard InChI is InChI=1S/C21H23N3O5/c1-15(29-22-14-16-6-2-5-9-19(16)25)20(26)23-18-8-4-3-7-17(18)21(27)24-10-12-28-13-11-24/h2-9,14-15,25H,10-13H2,1H3,(H,23,26)/b22-14-/t15-/m0/s1. The molecule has 0 radical (unpaired) electrons. The van der Waals surface area contributed by atoms with Gasteiger partial charge in [0.05, 0.1) is 30.7 Å². The van der Waals surface area contributed by atoms with E-state index in [1.54, 1.807) is 54.3 Å². The van der Waals surface area contributed by atoms with Gasteiger partial charge in [0, 0.05) is 18.7 Å². The van der Waals surface area contributed by atoms with Crippen molar-refractivity contribution in [2.24, 2.45) is 5.16 Å². The molecule has 2 N–H and O–H groups in total. The highest BCUT2D eigenvalue weighted by Crippen LogP contribution is 2.19. The van der Waals surface area contributed by atoms with E-state index in [1.807, 2.05) is 0 Å². The normalized spacial score (nSPS) is 15.1. The summed E-state index contributed by atoms with van der Waals surface area (Å²) in [4.78, 5) is 32.1. The zero-order chi connectivity index (χ0) is 20.6. The van der Waals surface area contributed by atoms with Gasteiger partial charge < -0.3 is 24.9 Å². The number of carbonyl (C=O) groups is 2. The molecule has 1 fully saturated rings. The second-order valence-corrected chi connectivity index (χ2v) is 6.48. The Labute approximate surface area is 168 Å². The van der Waals surface area contributed by atoms with Gasteiger partial charge in [0.15, 0.2) is 0 Å². The van der Waals surface area contributed by atoms with Crippen molar-refractivity contribution in [1.82, 2.24) is 4.90 Å². The lowest BCUT2D eigenvalue weighted by Gasteiger charge is -2.27. The third kappa shape index (κ3) is 5.32. The second kappa shape index (κ2) is 9.70. The number of phenolic OH excluding ortho intramolecular Hbond substituents is 1. The summed E-state index contributed by atoms with van der Waals surface area (Å²) in [7, 11) is 0. The summed E-state index contributed by atoms with van der Waals surface area (Å²) in [6.45, 7) is 3.58. The summed E-state index contributed by atoms with van der Waals surface area (Å²) in [6, 6.07) is 13.5. The Morgan fingerprint density at radius 1 is 1.17 bits per heavy atom. The number of phenols is 1. The highest BCUT2D eigenvalue weighted by atomic mass is 16.6. The van der Waals surface area contributed by atoms with Crippen LogP contribution in [0.2, 0.25) is 0 Å². The molecule has 152 valence electrons. The fraction of sp³-hybridized carbons (Fsp3) is 0.286. The molecular weight excluding hydrogens is 374 g/mol. The number of morpholine rings is 1. The van der Waals surface area contributed by atoms with E-state index < -0.39 is 12.0 Å². The third-order valence-electron chi connectivity index (χ3n) is 4.43. The molecule has 3 rings (SSSR count). The highest BCUT2D eigenvalue weighted by molar-refractivity contribution is 6.04. The van der Waals surface area contributed by atoms with E-state index in [-0.39, 0.29) is 11.7 Å². The Kier molecular flexibility index (Phi) is 6.80. The predicted molar refractivity (Wildman–Crippen MR) is 108 cm³/mol. The van der Waals surface area contributed by atoms with E-state index in [4.69, 9.17) is 9.57 Å². The topological polar surface area (TPSA) is 100 Å². The number of nitrogens with zero attached hydrogens (tertiary/aromatic N) is 2. The lowest BCUT2D eigenvalue weighted by molar-refractivity contribution is -0.126. The summed E-state index contributed by atoms with van der Waals surface area (Å²) < 4.78 is 5.28. The van der Waals surface area contributed by atoms with Crippen LogP contribution >= 0.6 is 0 Å². The SMILES string of the molecule is C[C@H](O/N=C\c1ccccc1O)C(=O)Nc1ccccc1C(=O)N1CCOCC1. The molecule has 1 heterocycles. The molecule has 1 atom stereocenters. The maximum absolute atomic E-state index is 12.8. The molecule has 0 aromatic heterocycles. The van der Waals surface area contributed by atoms with Crippen LogP contribution in [0.3, 0.4) is 0 Å². The minimum Gasteiger partial charge on any atom is -0.507 e. The molecule has 2 amide bonds. The fourth-order valence-electron chi connectivity index (χ4n) is 2.77. The summed E-state index contributed by atoms with van der Waals surface area (Å²) >= 11 is 0. The number of benzene rings is 2.